The molecule has 0 bridgehead atoms. The number of rotatable bonds is 4. The van der Waals surface area contributed by atoms with Gasteiger partial charge in [0, 0.05) is 6.07 Å². The van der Waals surface area contributed by atoms with E-state index < -0.39 is 5.91 Å². The Morgan fingerprint density at radius 1 is 1.37 bits per heavy atom. The second kappa shape index (κ2) is 5.30. The molecule has 1 aromatic heterocycles. The highest BCUT2D eigenvalue weighted by Gasteiger charge is 2.16. The monoisotopic (exact) mass is 263 g/mol. The molecule has 2 aromatic rings. The number of nitrogen functional groups attached to an aromatic ring is 1. The number of hydrogen-bond acceptors (Lipinski definition) is 6. The molecule has 0 fully saturated rings. The van der Waals surface area contributed by atoms with Crippen molar-refractivity contribution in [1.29, 1.82) is 0 Å². The average molecular weight is 263 g/mol. The normalized spacial score (nSPS) is 10.0. The van der Waals surface area contributed by atoms with Crippen LogP contribution in [-0.2, 0) is 0 Å². The van der Waals surface area contributed by atoms with Crippen LogP contribution in [0.3, 0.4) is 0 Å². The van der Waals surface area contributed by atoms with Crippen LogP contribution in [0.4, 0.5) is 11.4 Å². The van der Waals surface area contributed by atoms with Crippen molar-refractivity contribution >= 4 is 17.3 Å². The molecule has 1 aromatic carbocycles. The SMILES string of the molecule is COc1cc(OC)c(N)c(C(=O)Nc2cnoc2)c1. The molecule has 0 unspecified atom stereocenters. The third kappa shape index (κ3) is 2.59. The van der Waals surface area contributed by atoms with Crippen molar-refractivity contribution in [2.24, 2.45) is 0 Å². The first-order valence-electron chi connectivity index (χ1n) is 5.38. The number of nitrogens with zero attached hydrogens (tertiary/aromatic N) is 1. The standard InChI is InChI=1S/C12H13N3O4/c1-17-8-3-9(11(13)10(4-8)18-2)12(16)15-7-5-14-19-6-7/h3-6H,13H2,1-2H3,(H,15,16). The van der Waals surface area contributed by atoms with Gasteiger partial charge in [-0.15, -0.1) is 0 Å². The fraction of sp³-hybridized carbons (Fsp3) is 0.167. The van der Waals surface area contributed by atoms with Crippen LogP contribution in [0.1, 0.15) is 10.4 Å². The summed E-state index contributed by atoms with van der Waals surface area (Å²) in [6.07, 6.45) is 2.69. The summed E-state index contributed by atoms with van der Waals surface area (Å²) in [5, 5.41) is 6.08. The van der Waals surface area contributed by atoms with Gasteiger partial charge >= 0.3 is 0 Å². The maximum Gasteiger partial charge on any atom is 0.258 e. The van der Waals surface area contributed by atoms with Gasteiger partial charge in [0.05, 0.1) is 31.7 Å². The van der Waals surface area contributed by atoms with Crippen molar-refractivity contribution in [2.75, 3.05) is 25.3 Å². The molecular weight excluding hydrogens is 250 g/mol. The van der Waals surface area contributed by atoms with Crippen LogP contribution in [0, 0.1) is 0 Å². The lowest BCUT2D eigenvalue weighted by molar-refractivity contribution is 0.102. The lowest BCUT2D eigenvalue weighted by atomic mass is 10.1. The molecule has 7 heteroatoms. The first-order valence-corrected chi connectivity index (χ1v) is 5.38. The predicted molar refractivity (Wildman–Crippen MR) is 68.4 cm³/mol. The summed E-state index contributed by atoms with van der Waals surface area (Å²) in [5.74, 6) is 0.439. The Bertz CT molecular complexity index is 581. The summed E-state index contributed by atoms with van der Waals surface area (Å²) >= 11 is 0. The van der Waals surface area contributed by atoms with Crippen LogP contribution in [0.25, 0.3) is 0 Å². The van der Waals surface area contributed by atoms with E-state index in [0.717, 1.165) is 0 Å². The molecule has 0 atom stereocenters. The predicted octanol–water partition coefficient (Wildman–Crippen LogP) is 1.53. The second-order valence-electron chi connectivity index (χ2n) is 3.66. The van der Waals surface area contributed by atoms with E-state index in [4.69, 9.17) is 15.2 Å². The number of benzene rings is 1. The first kappa shape index (κ1) is 12.7. The fourth-order valence-electron chi connectivity index (χ4n) is 1.54. The highest BCUT2D eigenvalue weighted by molar-refractivity contribution is 6.08. The van der Waals surface area contributed by atoms with Gasteiger partial charge < -0.3 is 25.0 Å². The second-order valence-corrected chi connectivity index (χ2v) is 3.66. The van der Waals surface area contributed by atoms with E-state index in [1.165, 1.54) is 32.7 Å². The average Bonchev–Trinajstić information content (AvgIpc) is 2.91. The first-order chi connectivity index (χ1) is 9.15. The van der Waals surface area contributed by atoms with Gasteiger partial charge in [-0.1, -0.05) is 5.16 Å². The molecule has 2 rings (SSSR count). The van der Waals surface area contributed by atoms with Gasteiger partial charge in [-0.25, -0.2) is 0 Å². The maximum atomic E-state index is 12.1. The Balaban J connectivity index is 2.35. The number of nitrogens with two attached hydrogens (primary N) is 1. The minimum absolute atomic E-state index is 0.234. The van der Waals surface area contributed by atoms with E-state index in [2.05, 4.69) is 15.0 Å². The number of nitrogens with one attached hydrogen (secondary N) is 1. The number of aromatic nitrogens is 1. The summed E-state index contributed by atoms with van der Waals surface area (Å²) in [6, 6.07) is 3.13. The van der Waals surface area contributed by atoms with Gasteiger partial charge in [-0.2, -0.15) is 0 Å². The van der Waals surface area contributed by atoms with Crippen molar-refractivity contribution in [1.82, 2.24) is 5.16 Å². The zero-order chi connectivity index (χ0) is 13.8. The third-order valence-corrected chi connectivity index (χ3v) is 2.51. The molecular formula is C12H13N3O4. The number of carbonyl (C=O) groups excluding carboxylic acids is 1. The molecule has 3 N–H and O–H groups in total. The van der Waals surface area contributed by atoms with Gasteiger partial charge in [0.1, 0.15) is 23.4 Å². The van der Waals surface area contributed by atoms with Gasteiger partial charge in [0.2, 0.25) is 0 Å². The minimum atomic E-state index is -0.405. The molecule has 100 valence electrons. The molecule has 0 aliphatic heterocycles. The molecule has 0 saturated heterocycles. The Morgan fingerprint density at radius 3 is 2.74 bits per heavy atom. The Morgan fingerprint density at radius 2 is 2.16 bits per heavy atom. The van der Waals surface area contributed by atoms with Crippen molar-refractivity contribution in [3.05, 3.63) is 30.2 Å². The van der Waals surface area contributed by atoms with E-state index in [0.29, 0.717) is 17.2 Å². The maximum absolute atomic E-state index is 12.1. The highest BCUT2D eigenvalue weighted by atomic mass is 16.5. The fourth-order valence-corrected chi connectivity index (χ4v) is 1.54. The number of amides is 1. The van der Waals surface area contributed by atoms with E-state index in [-0.39, 0.29) is 11.3 Å². The number of hydrogen-bond donors (Lipinski definition) is 2. The quantitative estimate of drug-likeness (QED) is 0.811. The van der Waals surface area contributed by atoms with Crippen LogP contribution >= 0.6 is 0 Å². The van der Waals surface area contributed by atoms with Gasteiger partial charge in [0.15, 0.2) is 0 Å². The minimum Gasteiger partial charge on any atom is -0.497 e. The van der Waals surface area contributed by atoms with Crippen molar-refractivity contribution in [3.8, 4) is 11.5 Å². The molecule has 0 aliphatic rings. The lowest BCUT2D eigenvalue weighted by Crippen LogP contribution is -2.14. The van der Waals surface area contributed by atoms with Crippen LogP contribution in [0.15, 0.2) is 29.1 Å². The van der Waals surface area contributed by atoms with Crippen LogP contribution in [0.5, 0.6) is 11.5 Å². The summed E-state index contributed by atoms with van der Waals surface area (Å²) in [6.45, 7) is 0. The third-order valence-electron chi connectivity index (χ3n) is 2.51. The summed E-state index contributed by atoms with van der Waals surface area (Å²) in [4.78, 5) is 12.1. The van der Waals surface area contributed by atoms with Gasteiger partial charge in [0.25, 0.3) is 5.91 Å². The topological polar surface area (TPSA) is 99.6 Å². The molecule has 0 spiro atoms. The number of ether oxygens (including phenoxy) is 2. The molecule has 19 heavy (non-hydrogen) atoms. The molecule has 0 saturated carbocycles. The highest BCUT2D eigenvalue weighted by Crippen LogP contribution is 2.31. The van der Waals surface area contributed by atoms with Crippen LogP contribution < -0.4 is 20.5 Å². The van der Waals surface area contributed by atoms with Crippen molar-refractivity contribution in [2.45, 2.75) is 0 Å². The molecule has 1 heterocycles. The largest absolute Gasteiger partial charge is 0.497 e. The van der Waals surface area contributed by atoms with E-state index in [1.807, 2.05) is 0 Å². The zero-order valence-corrected chi connectivity index (χ0v) is 10.5. The van der Waals surface area contributed by atoms with Crippen LogP contribution in [-0.4, -0.2) is 25.3 Å². The Labute approximate surface area is 109 Å². The van der Waals surface area contributed by atoms with E-state index in [1.54, 1.807) is 6.07 Å². The summed E-state index contributed by atoms with van der Waals surface area (Å²) < 4.78 is 14.8. The van der Waals surface area contributed by atoms with Crippen molar-refractivity contribution in [3.63, 3.8) is 0 Å². The Kier molecular flexibility index (Phi) is 3.56. The van der Waals surface area contributed by atoms with Crippen molar-refractivity contribution < 1.29 is 18.8 Å². The molecule has 7 nitrogen and oxygen atoms in total. The van der Waals surface area contributed by atoms with E-state index in [9.17, 15) is 4.79 Å². The summed E-state index contributed by atoms with van der Waals surface area (Å²) in [5.41, 5.74) is 6.78. The van der Waals surface area contributed by atoms with Crippen LogP contribution in [0.2, 0.25) is 0 Å². The van der Waals surface area contributed by atoms with E-state index >= 15 is 0 Å². The number of carbonyl (C=O) groups is 1. The molecule has 0 radical (unpaired) electrons. The van der Waals surface area contributed by atoms with Gasteiger partial charge in [-0.3, -0.25) is 4.79 Å². The van der Waals surface area contributed by atoms with Gasteiger partial charge in [-0.05, 0) is 6.07 Å². The Hall–Kier alpha value is -2.70. The lowest BCUT2D eigenvalue weighted by Gasteiger charge is -2.12. The number of anilines is 2. The molecule has 0 aliphatic carbocycles. The number of methoxy groups -OCH3 is 2. The summed E-state index contributed by atoms with van der Waals surface area (Å²) in [7, 11) is 2.96. The molecule has 1 amide bonds. The zero-order valence-electron chi connectivity index (χ0n) is 10.5. The smallest absolute Gasteiger partial charge is 0.258 e.